The topological polar surface area (TPSA) is 225 Å². The Kier molecular flexibility index (Phi) is 20.0. The monoisotopic (exact) mass is 864 g/mol. The lowest BCUT2D eigenvalue weighted by Crippen LogP contribution is -2.60. The van der Waals surface area contributed by atoms with Crippen LogP contribution >= 0.6 is 0 Å². The Morgan fingerprint density at radius 2 is 1.60 bits per heavy atom. The summed E-state index contributed by atoms with van der Waals surface area (Å²) in [4.78, 5) is 98.9. The molecule has 1 heterocycles. The average molecular weight is 865 g/mol. The van der Waals surface area contributed by atoms with Gasteiger partial charge in [-0.2, -0.15) is 5.26 Å². The number of benzene rings is 1. The van der Waals surface area contributed by atoms with Crippen molar-refractivity contribution in [3.8, 4) is 6.07 Å². The molecule has 62 heavy (non-hydrogen) atoms. The largest absolute Gasteiger partial charge is 0.456 e. The molecule has 4 N–H and O–H groups in total. The van der Waals surface area contributed by atoms with Gasteiger partial charge in [-0.3, -0.25) is 24.0 Å². The first-order chi connectivity index (χ1) is 28.9. The van der Waals surface area contributed by atoms with Crippen LogP contribution in [0.15, 0.2) is 47.6 Å². The van der Waals surface area contributed by atoms with Gasteiger partial charge in [0.15, 0.2) is 6.10 Å². The number of ether oxygens (including phenoxy) is 2. The molecule has 0 radical (unpaired) electrons. The molecule has 16 heteroatoms. The molecule has 1 aromatic rings. The van der Waals surface area contributed by atoms with Crippen LogP contribution in [0.4, 0.5) is 0 Å². The predicted octanol–water partition coefficient (Wildman–Crippen LogP) is 3.50. The van der Waals surface area contributed by atoms with E-state index < -0.39 is 102 Å². The van der Waals surface area contributed by atoms with Gasteiger partial charge in [0.1, 0.15) is 29.8 Å². The van der Waals surface area contributed by atoms with Crippen LogP contribution in [-0.4, -0.2) is 119 Å². The van der Waals surface area contributed by atoms with Gasteiger partial charge in [-0.15, -0.1) is 0 Å². The summed E-state index contributed by atoms with van der Waals surface area (Å²) in [6.45, 7) is 17.8. The number of carbonyl (C=O) groups is 7. The Morgan fingerprint density at radius 3 is 2.15 bits per heavy atom. The van der Waals surface area contributed by atoms with E-state index in [0.29, 0.717) is 23.1 Å². The van der Waals surface area contributed by atoms with Gasteiger partial charge < -0.3 is 40.3 Å². The maximum atomic E-state index is 14.2. The first kappa shape index (κ1) is 52.6. The Bertz CT molecular complexity index is 1880. The van der Waals surface area contributed by atoms with Gasteiger partial charge in [0.05, 0.1) is 24.3 Å². The summed E-state index contributed by atoms with van der Waals surface area (Å²) in [7, 11) is 2.78. The van der Waals surface area contributed by atoms with Crippen LogP contribution in [0.2, 0.25) is 0 Å². The molecule has 1 aromatic carbocycles. The summed E-state index contributed by atoms with van der Waals surface area (Å²) in [5.74, 6) is -6.19. The second-order valence-corrected chi connectivity index (χ2v) is 17.4. The van der Waals surface area contributed by atoms with E-state index in [9.17, 15) is 43.9 Å². The number of hydrogen-bond acceptors (Lipinski definition) is 11. The third kappa shape index (κ3) is 14.8. The van der Waals surface area contributed by atoms with Crippen LogP contribution < -0.4 is 16.0 Å². The van der Waals surface area contributed by atoms with E-state index in [1.165, 1.54) is 52.8 Å². The molecule has 0 aliphatic carbocycles. The van der Waals surface area contributed by atoms with Gasteiger partial charge in [-0.1, -0.05) is 65.3 Å². The molecular formula is C46H68N6O10. The highest BCUT2D eigenvalue weighted by atomic mass is 16.6. The fraction of sp³-hybridized carbons (Fsp3) is 0.609. The Morgan fingerprint density at radius 1 is 0.984 bits per heavy atom. The zero-order valence-electron chi connectivity index (χ0n) is 38.7. The molecule has 1 aliphatic rings. The van der Waals surface area contributed by atoms with E-state index in [2.05, 4.69) is 16.0 Å². The number of aliphatic hydroxyl groups excluding tert-OH is 1. The summed E-state index contributed by atoms with van der Waals surface area (Å²) in [5, 5.41) is 28.7. The van der Waals surface area contributed by atoms with Crippen molar-refractivity contribution >= 4 is 41.5 Å². The smallest absolute Gasteiger partial charge is 0.334 e. The number of aliphatic hydroxyl groups is 1. The zero-order chi connectivity index (χ0) is 47.2. The summed E-state index contributed by atoms with van der Waals surface area (Å²) >= 11 is 0. The van der Waals surface area contributed by atoms with Crippen LogP contribution in [0.25, 0.3) is 0 Å². The summed E-state index contributed by atoms with van der Waals surface area (Å²) in [6.07, 6.45) is 0.394. The van der Waals surface area contributed by atoms with Crippen molar-refractivity contribution in [2.24, 2.45) is 17.8 Å². The van der Waals surface area contributed by atoms with Crippen LogP contribution in [0.5, 0.6) is 0 Å². The summed E-state index contributed by atoms with van der Waals surface area (Å²) < 4.78 is 11.6. The van der Waals surface area contributed by atoms with Crippen LogP contribution in [0.1, 0.15) is 107 Å². The van der Waals surface area contributed by atoms with Crippen LogP contribution in [0, 0.1) is 29.1 Å². The van der Waals surface area contributed by atoms with E-state index >= 15 is 0 Å². The lowest BCUT2D eigenvalue weighted by atomic mass is 9.90. The second-order valence-electron chi connectivity index (χ2n) is 17.4. The van der Waals surface area contributed by atoms with Gasteiger partial charge in [0, 0.05) is 32.0 Å². The minimum absolute atomic E-state index is 0.0242. The normalized spacial score (nSPS) is 27.5. The lowest BCUT2D eigenvalue weighted by molar-refractivity contribution is -0.159. The fourth-order valence-corrected chi connectivity index (χ4v) is 6.76. The third-order valence-electron chi connectivity index (χ3n) is 11.3. The number of cyclic esters (lactones) is 2. The Balaban J connectivity index is 2.68. The van der Waals surface area contributed by atoms with Crippen molar-refractivity contribution < 1.29 is 48.1 Å². The maximum absolute atomic E-state index is 14.2. The minimum Gasteiger partial charge on any atom is -0.456 e. The van der Waals surface area contributed by atoms with Crippen molar-refractivity contribution in [1.29, 1.82) is 5.26 Å². The Hall–Kier alpha value is -5.56. The van der Waals surface area contributed by atoms with Gasteiger partial charge in [0.2, 0.25) is 23.6 Å². The molecule has 0 fully saturated rings. The van der Waals surface area contributed by atoms with Crippen molar-refractivity contribution in [3.63, 3.8) is 0 Å². The first-order valence-corrected chi connectivity index (χ1v) is 21.2. The molecular weight excluding hydrogens is 797 g/mol. The number of hydrogen-bond donors (Lipinski definition) is 4. The van der Waals surface area contributed by atoms with Gasteiger partial charge in [-0.05, 0) is 89.5 Å². The van der Waals surface area contributed by atoms with Gasteiger partial charge in [-0.25, -0.2) is 9.59 Å². The molecule has 0 bridgehead atoms. The quantitative estimate of drug-likeness (QED) is 0.229. The van der Waals surface area contributed by atoms with Crippen molar-refractivity contribution in [2.75, 3.05) is 20.6 Å². The maximum Gasteiger partial charge on any atom is 0.334 e. The lowest BCUT2D eigenvalue weighted by Gasteiger charge is -2.34. The Labute approximate surface area is 366 Å². The number of rotatable bonds is 7. The number of allylic oxidation sites excluding steroid dienone is 1. The molecule has 0 saturated carbocycles. The number of nitrogens with one attached hydrogen (secondary N) is 3. The van der Waals surface area contributed by atoms with Gasteiger partial charge in [0.25, 0.3) is 5.91 Å². The minimum atomic E-state index is -1.60. The molecule has 342 valence electrons. The molecule has 16 nitrogen and oxygen atoms in total. The van der Waals surface area contributed by atoms with Crippen molar-refractivity contribution in [2.45, 2.75) is 144 Å². The molecule has 5 amide bonds. The van der Waals surface area contributed by atoms with E-state index in [4.69, 9.17) is 9.47 Å². The number of nitrogens with zero attached hydrogens (tertiary/aromatic N) is 3. The summed E-state index contributed by atoms with van der Waals surface area (Å²) in [5.41, 5.74) is 0.127. The van der Waals surface area contributed by atoms with E-state index in [1.807, 2.05) is 26.8 Å². The average Bonchev–Trinajstić information content (AvgIpc) is 3.22. The second kappa shape index (κ2) is 23.6. The number of carbonyl (C=O) groups excluding carboxylic acids is 7. The zero-order valence-corrected chi connectivity index (χ0v) is 38.7. The molecule has 0 spiro atoms. The highest BCUT2D eigenvalue weighted by Crippen LogP contribution is 2.25. The molecule has 0 unspecified atom stereocenters. The van der Waals surface area contributed by atoms with Crippen LogP contribution in [0.3, 0.4) is 0 Å². The SMILES string of the molecule is C/C=C(\C)[C@H]1OC(=O)C(C)(C)NC(=O)[C@H]([C@H](C)CC)NC(=O)CN(C)C(=O)[C@@H](Cc2ccc(C#N)cc2)N(C)C(=O)[C@H](C)NC(=O)[C@@H](CC(C)C)OC(=O)/C(C)=C\C[C@H](O)[C@@H]1C. The molecule has 0 saturated heterocycles. The summed E-state index contributed by atoms with van der Waals surface area (Å²) in [6, 6.07) is 4.96. The number of amides is 5. The standard InChI is InChI=1S/C46H68N6O10/c1-14-27(5)38-41(56)50-46(10,11)45(60)62-39(28(6)15-2)30(8)35(53)21-16-29(7)44(59)61-36(22-26(3)4)40(55)48-31(9)42(57)52(13)34(43(58)51(12)25-37(54)49-38)23-32-17-19-33(24-47)20-18-32/h15-20,26-27,30-31,34-36,38-39,53H,14,21-23,25H2,1-13H3,(H,48,55)(H,49,54)(H,50,56)/b28-15+,29-16-/t27-,30+,31+,34-,35+,36-,38+,39-/m1/s1. The van der Waals surface area contributed by atoms with Crippen molar-refractivity contribution in [3.05, 3.63) is 58.7 Å². The van der Waals surface area contributed by atoms with E-state index in [1.54, 1.807) is 58.0 Å². The van der Waals surface area contributed by atoms with Gasteiger partial charge >= 0.3 is 11.9 Å². The van der Waals surface area contributed by atoms with E-state index in [0.717, 1.165) is 4.90 Å². The third-order valence-corrected chi connectivity index (χ3v) is 11.3. The molecule has 0 aromatic heterocycles. The molecule has 2 rings (SSSR count). The number of likely N-dealkylation sites (N-methyl/N-ethyl adjacent to an activating group) is 2. The highest BCUT2D eigenvalue weighted by molar-refractivity contribution is 5.96. The molecule has 1 aliphatic heterocycles. The fourth-order valence-electron chi connectivity index (χ4n) is 6.76. The van der Waals surface area contributed by atoms with Crippen LogP contribution in [-0.2, 0) is 49.5 Å². The molecule has 8 atom stereocenters. The first-order valence-electron chi connectivity index (χ1n) is 21.2. The number of esters is 2. The van der Waals surface area contributed by atoms with E-state index in [-0.39, 0.29) is 30.8 Å². The highest BCUT2D eigenvalue weighted by Gasteiger charge is 2.40. The number of nitriles is 1. The predicted molar refractivity (Wildman–Crippen MR) is 232 cm³/mol. The van der Waals surface area contributed by atoms with Crippen molar-refractivity contribution in [1.82, 2.24) is 25.8 Å².